The van der Waals surface area contributed by atoms with E-state index in [-0.39, 0.29) is 0 Å². The summed E-state index contributed by atoms with van der Waals surface area (Å²) in [5.74, 6) is 0.664. The molecule has 2 heterocycles. The average molecular weight is 441 g/mol. The molecule has 0 fully saturated rings. The molecule has 5 heteroatoms. The van der Waals surface area contributed by atoms with E-state index in [1.165, 1.54) is 0 Å². The van der Waals surface area contributed by atoms with Crippen LogP contribution in [-0.4, -0.2) is 15.0 Å². The molecule has 0 N–H and O–H groups in total. The van der Waals surface area contributed by atoms with Crippen LogP contribution in [0.1, 0.15) is 0 Å². The lowest BCUT2D eigenvalue weighted by molar-refractivity contribution is 1.20. The highest BCUT2D eigenvalue weighted by molar-refractivity contribution is 9.11. The fourth-order valence-corrected chi connectivity index (χ4v) is 3.91. The van der Waals surface area contributed by atoms with Crippen molar-refractivity contribution < 1.29 is 0 Å². The summed E-state index contributed by atoms with van der Waals surface area (Å²) in [6.07, 6.45) is 3.53. The van der Waals surface area contributed by atoms with Gasteiger partial charge in [-0.25, -0.2) is 9.97 Å². The highest BCUT2D eigenvalue weighted by atomic mass is 79.9. The molecular weight excluding hydrogens is 430 g/mol. The molecule has 0 spiro atoms. The van der Waals surface area contributed by atoms with E-state index in [1.54, 1.807) is 12.4 Å². The Kier molecular flexibility index (Phi) is 4.12. The number of halogens is 2. The molecule has 4 rings (SSSR count). The Hall–Kier alpha value is -2.11. The molecule has 4 aromatic rings. The van der Waals surface area contributed by atoms with Gasteiger partial charge in [0.15, 0.2) is 5.82 Å². The maximum atomic E-state index is 4.83. The number of hydrogen-bond acceptors (Lipinski definition) is 3. The van der Waals surface area contributed by atoms with Gasteiger partial charge in [0.2, 0.25) is 0 Å². The summed E-state index contributed by atoms with van der Waals surface area (Å²) in [6.45, 7) is 0. The molecule has 0 atom stereocenters. The predicted molar refractivity (Wildman–Crippen MR) is 104 cm³/mol. The Morgan fingerprint density at radius 3 is 2.33 bits per heavy atom. The predicted octanol–water partition coefficient (Wildman–Crippen LogP) is 5.88. The molecule has 0 unspecified atom stereocenters. The number of hydrogen-bond donors (Lipinski definition) is 0. The van der Waals surface area contributed by atoms with E-state index in [0.717, 1.165) is 36.7 Å². The summed E-state index contributed by atoms with van der Waals surface area (Å²) in [5.41, 5.74) is 3.73. The summed E-state index contributed by atoms with van der Waals surface area (Å²) in [6, 6.07) is 18.1. The van der Waals surface area contributed by atoms with Crippen LogP contribution in [0.25, 0.3) is 33.5 Å². The van der Waals surface area contributed by atoms with Gasteiger partial charge in [0.25, 0.3) is 0 Å². The maximum Gasteiger partial charge on any atom is 0.162 e. The quantitative estimate of drug-likeness (QED) is 0.390. The summed E-state index contributed by atoms with van der Waals surface area (Å²) in [5, 5.41) is 0.995. The van der Waals surface area contributed by atoms with Crippen molar-refractivity contribution in [2.45, 2.75) is 0 Å². The number of aromatic nitrogens is 3. The fraction of sp³-hybridized carbons (Fsp3) is 0. The smallest absolute Gasteiger partial charge is 0.162 e. The zero-order valence-corrected chi connectivity index (χ0v) is 15.6. The Bertz CT molecular complexity index is 1020. The van der Waals surface area contributed by atoms with Crippen LogP contribution < -0.4 is 0 Å². The first-order chi connectivity index (χ1) is 11.7. The van der Waals surface area contributed by atoms with Crippen LogP contribution in [0.2, 0.25) is 0 Å². The van der Waals surface area contributed by atoms with Crippen LogP contribution in [0.4, 0.5) is 0 Å². The molecular formula is C19H11Br2N3. The van der Waals surface area contributed by atoms with Crippen molar-refractivity contribution in [3.05, 3.63) is 75.9 Å². The Labute approximate surface area is 156 Å². The van der Waals surface area contributed by atoms with E-state index in [9.17, 15) is 0 Å². The lowest BCUT2D eigenvalue weighted by Crippen LogP contribution is -1.96. The minimum atomic E-state index is 0.664. The lowest BCUT2D eigenvalue weighted by Gasteiger charge is -2.11. The van der Waals surface area contributed by atoms with Crippen molar-refractivity contribution in [2.75, 3.05) is 0 Å². The number of nitrogens with zero attached hydrogens (tertiary/aromatic N) is 3. The van der Waals surface area contributed by atoms with Crippen LogP contribution >= 0.6 is 31.9 Å². The summed E-state index contributed by atoms with van der Waals surface area (Å²) in [4.78, 5) is 13.8. The minimum Gasteiger partial charge on any atom is -0.264 e. The molecule has 0 amide bonds. The van der Waals surface area contributed by atoms with Gasteiger partial charge in [-0.15, -0.1) is 0 Å². The molecule has 2 aromatic carbocycles. The summed E-state index contributed by atoms with van der Waals surface area (Å²) >= 11 is 7.18. The van der Waals surface area contributed by atoms with Gasteiger partial charge in [0, 0.05) is 37.9 Å². The Morgan fingerprint density at radius 2 is 1.58 bits per heavy atom. The second kappa shape index (κ2) is 6.42. The molecule has 0 aliphatic rings. The van der Waals surface area contributed by atoms with Gasteiger partial charge in [-0.2, -0.15) is 0 Å². The third-order valence-corrected chi connectivity index (χ3v) is 4.75. The zero-order valence-electron chi connectivity index (χ0n) is 12.4. The largest absolute Gasteiger partial charge is 0.264 e. The standard InChI is InChI=1S/C19H11Br2N3/c20-14-9-15-17(12-5-2-1-3-6-12)23-19(13-7-4-8-22-11-13)24-18(15)16(21)10-14/h1-11H. The number of benzene rings is 2. The first kappa shape index (κ1) is 15.4. The van der Waals surface area contributed by atoms with Crippen molar-refractivity contribution in [1.82, 2.24) is 15.0 Å². The molecule has 116 valence electrons. The van der Waals surface area contributed by atoms with Gasteiger partial charge in [-0.1, -0.05) is 46.3 Å². The fourth-order valence-electron chi connectivity index (χ4n) is 2.60. The van der Waals surface area contributed by atoms with E-state index in [2.05, 4.69) is 55.0 Å². The van der Waals surface area contributed by atoms with Gasteiger partial charge in [-0.05, 0) is 40.2 Å². The van der Waals surface area contributed by atoms with Crippen LogP contribution in [0, 0.1) is 0 Å². The van der Waals surface area contributed by atoms with Gasteiger partial charge < -0.3 is 0 Å². The third-order valence-electron chi connectivity index (χ3n) is 3.69. The summed E-state index contributed by atoms with van der Waals surface area (Å²) < 4.78 is 1.91. The van der Waals surface area contributed by atoms with Crippen molar-refractivity contribution in [1.29, 1.82) is 0 Å². The van der Waals surface area contributed by atoms with Crippen molar-refractivity contribution >= 4 is 42.8 Å². The van der Waals surface area contributed by atoms with Crippen molar-refractivity contribution in [3.8, 4) is 22.6 Å². The van der Waals surface area contributed by atoms with E-state index >= 15 is 0 Å². The summed E-state index contributed by atoms with van der Waals surface area (Å²) in [7, 11) is 0. The molecule has 0 bridgehead atoms. The average Bonchev–Trinajstić information content (AvgIpc) is 2.62. The highest BCUT2D eigenvalue weighted by Gasteiger charge is 2.14. The van der Waals surface area contributed by atoms with Crippen molar-refractivity contribution in [2.24, 2.45) is 0 Å². The van der Waals surface area contributed by atoms with Crippen molar-refractivity contribution in [3.63, 3.8) is 0 Å². The highest BCUT2D eigenvalue weighted by Crippen LogP contribution is 2.34. The van der Waals surface area contributed by atoms with Crippen LogP contribution in [0.3, 0.4) is 0 Å². The van der Waals surface area contributed by atoms with Gasteiger partial charge in [0.1, 0.15) is 0 Å². The molecule has 24 heavy (non-hydrogen) atoms. The second-order valence-corrected chi connectivity index (χ2v) is 7.06. The van der Waals surface area contributed by atoms with Crippen LogP contribution in [0.15, 0.2) is 75.9 Å². The van der Waals surface area contributed by atoms with Gasteiger partial charge in [-0.3, -0.25) is 4.98 Å². The molecule has 0 saturated carbocycles. The van der Waals surface area contributed by atoms with Gasteiger partial charge in [0.05, 0.1) is 11.2 Å². The van der Waals surface area contributed by atoms with Crippen LogP contribution in [0.5, 0.6) is 0 Å². The topological polar surface area (TPSA) is 38.7 Å². The van der Waals surface area contributed by atoms with Crippen LogP contribution in [-0.2, 0) is 0 Å². The molecule has 0 saturated heterocycles. The van der Waals surface area contributed by atoms with E-state index in [1.807, 2.05) is 36.4 Å². The first-order valence-corrected chi connectivity index (χ1v) is 8.93. The molecule has 0 aliphatic heterocycles. The molecule has 3 nitrogen and oxygen atoms in total. The molecule has 2 aromatic heterocycles. The Morgan fingerprint density at radius 1 is 0.792 bits per heavy atom. The number of fused-ring (bicyclic) bond motifs is 1. The third kappa shape index (κ3) is 2.85. The van der Waals surface area contributed by atoms with Gasteiger partial charge >= 0.3 is 0 Å². The molecule has 0 radical (unpaired) electrons. The SMILES string of the molecule is Brc1cc(Br)c2nc(-c3cccnc3)nc(-c3ccccc3)c2c1. The lowest BCUT2D eigenvalue weighted by atomic mass is 10.1. The van der Waals surface area contributed by atoms with E-state index in [0.29, 0.717) is 5.82 Å². The van der Waals surface area contributed by atoms with E-state index < -0.39 is 0 Å². The Balaban J connectivity index is 2.08. The monoisotopic (exact) mass is 439 g/mol. The zero-order chi connectivity index (χ0) is 16.5. The normalized spacial score (nSPS) is 10.9. The number of pyridine rings is 1. The second-order valence-electron chi connectivity index (χ2n) is 5.29. The van der Waals surface area contributed by atoms with E-state index in [4.69, 9.17) is 9.97 Å². The maximum absolute atomic E-state index is 4.83. The first-order valence-electron chi connectivity index (χ1n) is 7.35. The molecule has 0 aliphatic carbocycles. The minimum absolute atomic E-state index is 0.664. The number of rotatable bonds is 2.